The second-order valence-corrected chi connectivity index (χ2v) is 8.60. The van der Waals surface area contributed by atoms with E-state index in [2.05, 4.69) is 0 Å². The molecule has 126 valence electrons. The van der Waals surface area contributed by atoms with Crippen LogP contribution in [0.1, 0.15) is 62.9 Å². The van der Waals surface area contributed by atoms with Crippen LogP contribution in [0.25, 0.3) is 11.0 Å². The smallest absolute Gasteiger partial charge is 0.192 e. The van der Waals surface area contributed by atoms with Crippen molar-refractivity contribution < 1.29 is 9.52 Å². The minimum atomic E-state index is -0.573. The summed E-state index contributed by atoms with van der Waals surface area (Å²) in [5.41, 5.74) is 1.56. The largest absolute Gasteiger partial charge is 0.460 e. The Morgan fingerprint density at radius 1 is 1.08 bits per heavy atom. The van der Waals surface area contributed by atoms with Gasteiger partial charge in [0.05, 0.1) is 11.5 Å². The van der Waals surface area contributed by atoms with E-state index in [1.807, 2.05) is 12.1 Å². The summed E-state index contributed by atoms with van der Waals surface area (Å²) in [7, 11) is 0. The molecule has 4 fully saturated rings. The van der Waals surface area contributed by atoms with E-state index in [0.29, 0.717) is 11.0 Å². The minimum Gasteiger partial charge on any atom is -0.460 e. The highest BCUT2D eigenvalue weighted by Crippen LogP contribution is 2.60. The van der Waals surface area contributed by atoms with Crippen LogP contribution in [-0.2, 0) is 5.41 Å². The van der Waals surface area contributed by atoms with Crippen molar-refractivity contribution in [3.05, 3.63) is 45.8 Å². The number of hydrogen-bond donors (Lipinski definition) is 1. The Morgan fingerprint density at radius 3 is 2.29 bits per heavy atom. The summed E-state index contributed by atoms with van der Waals surface area (Å²) in [6, 6.07) is 7.23. The maximum Gasteiger partial charge on any atom is 0.192 e. The molecule has 1 atom stereocenters. The van der Waals surface area contributed by atoms with Gasteiger partial charge in [0.15, 0.2) is 5.43 Å². The lowest BCUT2D eigenvalue weighted by molar-refractivity contribution is -0.0150. The molecule has 6 rings (SSSR count). The molecule has 1 N–H and O–H groups in total. The molecule has 1 aromatic carbocycles. The molecule has 4 saturated carbocycles. The Hall–Kier alpha value is -1.61. The summed E-state index contributed by atoms with van der Waals surface area (Å²) in [4.78, 5) is 12.7. The molecule has 0 spiro atoms. The van der Waals surface area contributed by atoms with E-state index in [1.165, 1.54) is 38.5 Å². The van der Waals surface area contributed by atoms with Crippen LogP contribution in [0.3, 0.4) is 0 Å². The van der Waals surface area contributed by atoms with Gasteiger partial charge in [-0.15, -0.1) is 0 Å². The highest BCUT2D eigenvalue weighted by atomic mass is 16.3. The monoisotopic (exact) mass is 324 g/mol. The third kappa shape index (κ3) is 2.10. The van der Waals surface area contributed by atoms with Crippen molar-refractivity contribution in [3.63, 3.8) is 0 Å². The van der Waals surface area contributed by atoms with E-state index in [1.54, 1.807) is 19.1 Å². The SMILES string of the molecule is CC(O)c1ccc2oc(C34CC5CC(CC(C5)C3)C4)cc(=O)c2c1. The van der Waals surface area contributed by atoms with Crippen molar-refractivity contribution in [1.29, 1.82) is 0 Å². The molecule has 3 heteroatoms. The maximum absolute atomic E-state index is 12.7. The summed E-state index contributed by atoms with van der Waals surface area (Å²) in [6.45, 7) is 1.71. The third-order valence-corrected chi connectivity index (χ3v) is 6.79. The zero-order valence-corrected chi connectivity index (χ0v) is 14.1. The molecule has 0 radical (unpaired) electrons. The van der Waals surface area contributed by atoms with Crippen molar-refractivity contribution in [2.45, 2.75) is 57.0 Å². The molecule has 2 aromatic rings. The van der Waals surface area contributed by atoms with Crippen LogP contribution in [0.2, 0.25) is 0 Å². The van der Waals surface area contributed by atoms with Gasteiger partial charge in [0.25, 0.3) is 0 Å². The van der Waals surface area contributed by atoms with Crippen LogP contribution in [0.4, 0.5) is 0 Å². The van der Waals surface area contributed by atoms with Gasteiger partial charge in [-0.05, 0) is 80.9 Å². The van der Waals surface area contributed by atoms with Gasteiger partial charge < -0.3 is 9.52 Å². The van der Waals surface area contributed by atoms with Crippen molar-refractivity contribution in [1.82, 2.24) is 0 Å². The standard InChI is InChI=1S/C21H24O3/c1-12(22)16-2-3-19-17(7-16)18(23)8-20(24-19)21-9-13-4-14(10-21)6-15(5-13)11-21/h2-3,7-8,12-15,22H,4-6,9-11H2,1H3. The Labute approximate surface area is 141 Å². The average Bonchev–Trinajstić information content (AvgIpc) is 2.53. The normalized spacial score (nSPS) is 35.5. The van der Waals surface area contributed by atoms with Crippen LogP contribution in [0, 0.1) is 17.8 Å². The molecule has 4 aliphatic rings. The molecular formula is C21H24O3. The topological polar surface area (TPSA) is 50.4 Å². The summed E-state index contributed by atoms with van der Waals surface area (Å²) < 4.78 is 6.28. The first-order chi connectivity index (χ1) is 11.5. The van der Waals surface area contributed by atoms with Gasteiger partial charge in [-0.25, -0.2) is 0 Å². The van der Waals surface area contributed by atoms with Gasteiger partial charge in [-0.1, -0.05) is 6.07 Å². The second-order valence-electron chi connectivity index (χ2n) is 8.60. The number of aliphatic hydroxyl groups excluding tert-OH is 1. The van der Waals surface area contributed by atoms with Crippen molar-refractivity contribution in [2.24, 2.45) is 17.8 Å². The molecule has 4 aliphatic carbocycles. The van der Waals surface area contributed by atoms with Crippen LogP contribution in [0.5, 0.6) is 0 Å². The van der Waals surface area contributed by atoms with Gasteiger partial charge in [-0.2, -0.15) is 0 Å². The third-order valence-electron chi connectivity index (χ3n) is 6.79. The van der Waals surface area contributed by atoms with Gasteiger partial charge in [0.1, 0.15) is 11.3 Å². The first-order valence-electron chi connectivity index (χ1n) is 9.29. The van der Waals surface area contributed by atoms with Gasteiger partial charge in [-0.3, -0.25) is 4.79 Å². The van der Waals surface area contributed by atoms with Crippen molar-refractivity contribution in [2.75, 3.05) is 0 Å². The molecule has 1 heterocycles. The molecule has 0 saturated heterocycles. The van der Waals surface area contributed by atoms with Crippen LogP contribution >= 0.6 is 0 Å². The number of rotatable bonds is 2. The van der Waals surface area contributed by atoms with Gasteiger partial charge in [0.2, 0.25) is 0 Å². The fraction of sp³-hybridized carbons (Fsp3) is 0.571. The lowest BCUT2D eigenvalue weighted by Gasteiger charge is -2.56. The van der Waals surface area contributed by atoms with E-state index in [0.717, 1.165) is 29.1 Å². The van der Waals surface area contributed by atoms with E-state index >= 15 is 0 Å². The predicted octanol–water partition coefficient (Wildman–Crippen LogP) is 4.31. The fourth-order valence-electron chi connectivity index (χ4n) is 6.11. The van der Waals surface area contributed by atoms with E-state index in [9.17, 15) is 9.90 Å². The molecule has 24 heavy (non-hydrogen) atoms. The summed E-state index contributed by atoms with van der Waals surface area (Å²) in [5, 5.41) is 10.3. The first kappa shape index (κ1) is 14.7. The molecule has 0 aliphatic heterocycles. The Morgan fingerprint density at radius 2 is 1.71 bits per heavy atom. The fourth-order valence-corrected chi connectivity index (χ4v) is 6.11. The molecule has 4 bridgehead atoms. The Bertz CT molecular complexity index is 826. The molecule has 1 unspecified atom stereocenters. The number of aliphatic hydroxyl groups is 1. The summed E-state index contributed by atoms with van der Waals surface area (Å²) in [5.74, 6) is 3.41. The highest BCUT2D eigenvalue weighted by molar-refractivity contribution is 5.77. The van der Waals surface area contributed by atoms with Gasteiger partial charge in [0, 0.05) is 11.5 Å². The van der Waals surface area contributed by atoms with E-state index in [4.69, 9.17) is 4.42 Å². The van der Waals surface area contributed by atoms with E-state index < -0.39 is 6.10 Å². The van der Waals surface area contributed by atoms with Crippen LogP contribution < -0.4 is 5.43 Å². The van der Waals surface area contributed by atoms with Crippen molar-refractivity contribution >= 4 is 11.0 Å². The summed E-state index contributed by atoms with van der Waals surface area (Å²) in [6.07, 6.45) is 7.16. The number of hydrogen-bond acceptors (Lipinski definition) is 3. The molecular weight excluding hydrogens is 300 g/mol. The number of benzene rings is 1. The second kappa shape index (κ2) is 4.95. The predicted molar refractivity (Wildman–Crippen MR) is 93.0 cm³/mol. The molecule has 1 aromatic heterocycles. The highest BCUT2D eigenvalue weighted by Gasteiger charge is 2.53. The number of fused-ring (bicyclic) bond motifs is 1. The zero-order chi connectivity index (χ0) is 16.5. The van der Waals surface area contributed by atoms with E-state index in [-0.39, 0.29) is 10.8 Å². The zero-order valence-electron chi connectivity index (χ0n) is 14.1. The lowest BCUT2D eigenvalue weighted by Crippen LogP contribution is -2.48. The Kier molecular flexibility index (Phi) is 3.03. The Balaban J connectivity index is 1.63. The summed E-state index contributed by atoms with van der Waals surface area (Å²) >= 11 is 0. The van der Waals surface area contributed by atoms with Crippen LogP contribution in [0.15, 0.2) is 33.5 Å². The van der Waals surface area contributed by atoms with Crippen molar-refractivity contribution in [3.8, 4) is 0 Å². The van der Waals surface area contributed by atoms with Gasteiger partial charge >= 0.3 is 0 Å². The quantitative estimate of drug-likeness (QED) is 0.895. The maximum atomic E-state index is 12.7. The molecule has 3 nitrogen and oxygen atoms in total. The minimum absolute atomic E-state index is 0.0319. The molecule has 0 amide bonds. The average molecular weight is 324 g/mol. The van der Waals surface area contributed by atoms with Crippen LogP contribution in [-0.4, -0.2) is 5.11 Å². The first-order valence-corrected chi connectivity index (χ1v) is 9.29. The lowest BCUT2D eigenvalue weighted by atomic mass is 9.49.